The molecule has 0 aliphatic carbocycles. The molecular formula is C29H34ClN3O2. The molecule has 0 spiro atoms. The van der Waals surface area contributed by atoms with Gasteiger partial charge in [-0.1, -0.05) is 80.0 Å². The van der Waals surface area contributed by atoms with Gasteiger partial charge in [0.05, 0.1) is 12.8 Å². The Morgan fingerprint density at radius 1 is 0.971 bits per heavy atom. The van der Waals surface area contributed by atoms with Gasteiger partial charge in [-0.3, -0.25) is 4.79 Å². The van der Waals surface area contributed by atoms with E-state index in [4.69, 9.17) is 16.3 Å². The lowest BCUT2D eigenvalue weighted by molar-refractivity contribution is -0.125. The van der Waals surface area contributed by atoms with Crippen LogP contribution < -0.4 is 9.75 Å². The molecule has 4 rings (SSSR count). The third kappa shape index (κ3) is 4.68. The summed E-state index contributed by atoms with van der Waals surface area (Å²) in [4.78, 5) is 16.9. The van der Waals surface area contributed by atoms with Crippen molar-refractivity contribution >= 4 is 23.2 Å². The predicted octanol–water partition coefficient (Wildman–Crippen LogP) is 5.76. The summed E-state index contributed by atoms with van der Waals surface area (Å²) >= 11 is 6.55. The van der Waals surface area contributed by atoms with Crippen LogP contribution >= 0.6 is 11.6 Å². The number of nitrogens with zero attached hydrogens (tertiary/aromatic N) is 3. The number of fused-ring (bicyclic) bond motifs is 1. The average Bonchev–Trinajstić information content (AvgIpc) is 3.14. The minimum absolute atomic E-state index is 0.0733. The van der Waals surface area contributed by atoms with Gasteiger partial charge in [0, 0.05) is 18.6 Å². The molecule has 3 aromatic carbocycles. The van der Waals surface area contributed by atoms with Gasteiger partial charge in [0.1, 0.15) is 11.2 Å². The average molecular weight is 492 g/mol. The highest BCUT2D eigenvalue weighted by Crippen LogP contribution is 2.49. The van der Waals surface area contributed by atoms with E-state index in [-0.39, 0.29) is 5.91 Å². The van der Waals surface area contributed by atoms with Gasteiger partial charge in [0.2, 0.25) is 0 Å². The molecule has 5 nitrogen and oxygen atoms in total. The van der Waals surface area contributed by atoms with E-state index < -0.39 is 5.41 Å². The Bertz CT molecular complexity index is 1170. The van der Waals surface area contributed by atoms with Gasteiger partial charge < -0.3 is 9.64 Å². The number of amides is 1. The lowest BCUT2D eigenvalue weighted by Crippen LogP contribution is -2.49. The Morgan fingerprint density at radius 2 is 1.66 bits per heavy atom. The molecule has 0 unspecified atom stereocenters. The molecule has 0 saturated carbocycles. The van der Waals surface area contributed by atoms with E-state index in [9.17, 15) is 4.79 Å². The van der Waals surface area contributed by atoms with Crippen molar-refractivity contribution in [3.63, 3.8) is 0 Å². The number of rotatable bonds is 10. The van der Waals surface area contributed by atoms with E-state index in [0.29, 0.717) is 23.7 Å². The molecule has 35 heavy (non-hydrogen) atoms. The van der Waals surface area contributed by atoms with Crippen molar-refractivity contribution in [2.75, 3.05) is 38.8 Å². The molecular weight excluding hydrogens is 458 g/mol. The SMILES string of the molecule is CCN(CC)CC[C@]1(c2ccccc2)C(=O)N(N(C)Cc2ccc(OC)cc2Cl)c2ccccc21. The maximum atomic E-state index is 14.5. The van der Waals surface area contributed by atoms with Crippen LogP contribution in [0.2, 0.25) is 5.02 Å². The monoisotopic (exact) mass is 491 g/mol. The first-order valence-electron chi connectivity index (χ1n) is 12.2. The van der Waals surface area contributed by atoms with E-state index in [2.05, 4.69) is 36.9 Å². The van der Waals surface area contributed by atoms with Crippen LogP contribution in [-0.2, 0) is 16.8 Å². The minimum atomic E-state index is -0.752. The maximum absolute atomic E-state index is 14.5. The molecule has 0 saturated heterocycles. The van der Waals surface area contributed by atoms with Crippen LogP contribution in [0.1, 0.15) is 37.0 Å². The quantitative estimate of drug-likeness (QED) is 0.361. The lowest BCUT2D eigenvalue weighted by Gasteiger charge is -2.34. The Hall–Kier alpha value is -2.86. The molecule has 1 aliphatic heterocycles. The zero-order valence-corrected chi connectivity index (χ0v) is 21.8. The summed E-state index contributed by atoms with van der Waals surface area (Å²) in [6.07, 6.45) is 0.710. The standard InChI is InChI=1S/C29H34ClN3O2/c1-5-32(6-2)19-18-29(23-12-8-7-9-13-23)25-14-10-11-15-27(25)33(28(29)34)31(3)21-22-16-17-24(35-4)20-26(22)30/h7-17,20H,5-6,18-19,21H2,1-4H3/t29-/m1/s1. The molecule has 6 heteroatoms. The lowest BCUT2D eigenvalue weighted by atomic mass is 9.72. The summed E-state index contributed by atoms with van der Waals surface area (Å²) in [7, 11) is 3.57. The Kier molecular flexibility index (Phi) is 7.80. The third-order valence-electron chi connectivity index (χ3n) is 7.11. The van der Waals surface area contributed by atoms with Crippen molar-refractivity contribution < 1.29 is 9.53 Å². The fourth-order valence-electron chi connectivity index (χ4n) is 5.12. The number of hydrazine groups is 1. The van der Waals surface area contributed by atoms with E-state index in [1.807, 2.05) is 71.7 Å². The van der Waals surface area contributed by atoms with Crippen molar-refractivity contribution in [2.24, 2.45) is 0 Å². The Morgan fingerprint density at radius 3 is 2.31 bits per heavy atom. The number of hydrogen-bond acceptors (Lipinski definition) is 4. The molecule has 184 valence electrons. The largest absolute Gasteiger partial charge is 0.497 e. The second-order valence-corrected chi connectivity index (χ2v) is 9.36. The first-order chi connectivity index (χ1) is 17.0. The Balaban J connectivity index is 1.76. The number of anilines is 1. The molecule has 1 aliphatic rings. The number of carbonyl (C=O) groups excluding carboxylic acids is 1. The molecule has 0 aromatic heterocycles. The fourth-order valence-corrected chi connectivity index (χ4v) is 5.35. The summed E-state index contributed by atoms with van der Waals surface area (Å²) in [5.74, 6) is 0.785. The van der Waals surface area contributed by atoms with Crippen LogP contribution in [0.5, 0.6) is 5.75 Å². The van der Waals surface area contributed by atoms with E-state index in [1.165, 1.54) is 0 Å². The van der Waals surface area contributed by atoms with E-state index in [0.717, 1.165) is 42.0 Å². The molecule has 1 amide bonds. The maximum Gasteiger partial charge on any atom is 0.256 e. The van der Waals surface area contributed by atoms with E-state index >= 15 is 0 Å². The number of para-hydroxylation sites is 1. The highest BCUT2D eigenvalue weighted by atomic mass is 35.5. The van der Waals surface area contributed by atoms with Crippen molar-refractivity contribution in [1.29, 1.82) is 0 Å². The van der Waals surface area contributed by atoms with Crippen LogP contribution in [0.25, 0.3) is 0 Å². The smallest absolute Gasteiger partial charge is 0.256 e. The van der Waals surface area contributed by atoms with Crippen molar-refractivity contribution in [3.8, 4) is 5.75 Å². The number of hydrogen-bond donors (Lipinski definition) is 0. The molecule has 1 heterocycles. The highest BCUT2D eigenvalue weighted by Gasteiger charge is 2.53. The first-order valence-corrected chi connectivity index (χ1v) is 12.6. The third-order valence-corrected chi connectivity index (χ3v) is 7.47. The molecule has 0 radical (unpaired) electrons. The predicted molar refractivity (Wildman–Crippen MR) is 143 cm³/mol. The normalized spacial score (nSPS) is 17.3. The van der Waals surface area contributed by atoms with Crippen molar-refractivity contribution in [2.45, 2.75) is 32.2 Å². The molecule has 1 atom stereocenters. The van der Waals surface area contributed by atoms with Gasteiger partial charge in [-0.25, -0.2) is 10.0 Å². The molecule has 3 aromatic rings. The molecule has 0 bridgehead atoms. The fraction of sp³-hybridized carbons (Fsp3) is 0.345. The van der Waals surface area contributed by atoms with Gasteiger partial charge in [0.15, 0.2) is 0 Å². The zero-order valence-electron chi connectivity index (χ0n) is 21.0. The van der Waals surface area contributed by atoms with Gasteiger partial charge in [-0.05, 0) is 60.9 Å². The van der Waals surface area contributed by atoms with Crippen molar-refractivity contribution in [1.82, 2.24) is 9.91 Å². The summed E-state index contributed by atoms with van der Waals surface area (Å²) in [6, 6.07) is 24.1. The number of methoxy groups -OCH3 is 1. The number of carbonyl (C=O) groups is 1. The Labute approximate surface area is 213 Å². The minimum Gasteiger partial charge on any atom is -0.497 e. The molecule has 0 fully saturated rings. The topological polar surface area (TPSA) is 36.0 Å². The summed E-state index contributed by atoms with van der Waals surface area (Å²) < 4.78 is 5.29. The number of benzene rings is 3. The van der Waals surface area contributed by atoms with Gasteiger partial charge in [0.25, 0.3) is 5.91 Å². The zero-order chi connectivity index (χ0) is 25.0. The summed E-state index contributed by atoms with van der Waals surface area (Å²) in [6.45, 7) is 7.57. The van der Waals surface area contributed by atoms with Crippen LogP contribution in [0.15, 0.2) is 72.8 Å². The van der Waals surface area contributed by atoms with Crippen LogP contribution in [-0.4, -0.2) is 49.6 Å². The van der Waals surface area contributed by atoms with E-state index in [1.54, 1.807) is 7.11 Å². The summed E-state index contributed by atoms with van der Waals surface area (Å²) in [5.41, 5.74) is 3.19. The number of ether oxygens (including phenoxy) is 1. The van der Waals surface area contributed by atoms with Gasteiger partial charge >= 0.3 is 0 Å². The van der Waals surface area contributed by atoms with Crippen LogP contribution in [0.4, 0.5) is 5.69 Å². The molecule has 0 N–H and O–H groups in total. The van der Waals surface area contributed by atoms with Crippen LogP contribution in [0.3, 0.4) is 0 Å². The summed E-state index contributed by atoms with van der Waals surface area (Å²) in [5, 5.41) is 4.43. The number of halogens is 1. The van der Waals surface area contributed by atoms with Crippen molar-refractivity contribution in [3.05, 3.63) is 94.5 Å². The second-order valence-electron chi connectivity index (χ2n) is 8.96. The van der Waals surface area contributed by atoms with Gasteiger partial charge in [-0.15, -0.1) is 0 Å². The van der Waals surface area contributed by atoms with Crippen LogP contribution in [0, 0.1) is 0 Å². The second kappa shape index (κ2) is 10.8. The highest BCUT2D eigenvalue weighted by molar-refractivity contribution is 6.31. The van der Waals surface area contributed by atoms with Gasteiger partial charge in [-0.2, -0.15) is 0 Å². The first kappa shape index (κ1) is 25.2.